The summed E-state index contributed by atoms with van der Waals surface area (Å²) in [6.45, 7) is 2.10. The quantitative estimate of drug-likeness (QED) is 0.783. The normalized spacial score (nSPS) is 12.7. The highest BCUT2D eigenvalue weighted by atomic mass is 32.1. The van der Waals surface area contributed by atoms with Crippen molar-refractivity contribution >= 4 is 21.6 Å². The zero-order chi connectivity index (χ0) is 13.2. The first kappa shape index (κ1) is 12.3. The van der Waals surface area contributed by atoms with Crippen LogP contribution >= 0.6 is 11.3 Å². The van der Waals surface area contributed by atoms with Gasteiger partial charge < -0.3 is 5.73 Å². The van der Waals surface area contributed by atoms with Crippen molar-refractivity contribution < 1.29 is 0 Å². The monoisotopic (exact) mass is 268 g/mol. The molecular weight excluding hydrogens is 252 g/mol. The molecule has 0 radical (unpaired) electrons. The lowest BCUT2D eigenvalue weighted by atomic mass is 10.00. The van der Waals surface area contributed by atoms with E-state index in [9.17, 15) is 0 Å². The summed E-state index contributed by atoms with van der Waals surface area (Å²) in [5.41, 5.74) is 9.84. The Morgan fingerprint density at radius 2 is 1.84 bits per heavy atom. The topological polar surface area (TPSA) is 38.9 Å². The minimum atomic E-state index is 0.0155. The smallest absolute Gasteiger partial charge is 0.0957 e. The molecule has 0 bridgehead atoms. The second kappa shape index (κ2) is 5.11. The fourth-order valence-corrected chi connectivity index (χ4v) is 3.33. The van der Waals surface area contributed by atoms with Crippen LogP contribution in [0.3, 0.4) is 0 Å². The molecule has 0 aliphatic carbocycles. The number of rotatable bonds is 3. The van der Waals surface area contributed by atoms with Gasteiger partial charge in [0.2, 0.25) is 0 Å². The van der Waals surface area contributed by atoms with E-state index in [-0.39, 0.29) is 6.04 Å². The molecule has 19 heavy (non-hydrogen) atoms. The van der Waals surface area contributed by atoms with Gasteiger partial charge in [0, 0.05) is 12.5 Å². The first-order chi connectivity index (χ1) is 9.24. The molecule has 3 aromatic rings. The number of hydrogen-bond donors (Lipinski definition) is 1. The predicted octanol–water partition coefficient (Wildman–Crippen LogP) is 3.85. The minimum absolute atomic E-state index is 0.0155. The van der Waals surface area contributed by atoms with Crippen molar-refractivity contribution in [1.82, 2.24) is 4.98 Å². The largest absolute Gasteiger partial charge is 0.324 e. The molecule has 1 unspecified atom stereocenters. The Morgan fingerprint density at radius 3 is 2.63 bits per heavy atom. The van der Waals surface area contributed by atoms with E-state index in [1.165, 1.54) is 15.8 Å². The molecule has 2 aromatic carbocycles. The number of hydrogen-bond acceptors (Lipinski definition) is 3. The van der Waals surface area contributed by atoms with Gasteiger partial charge in [-0.05, 0) is 30.2 Å². The average molecular weight is 268 g/mol. The van der Waals surface area contributed by atoms with Crippen molar-refractivity contribution in [2.45, 2.75) is 19.4 Å². The Morgan fingerprint density at radius 1 is 1.11 bits per heavy atom. The maximum atomic E-state index is 6.32. The molecule has 1 aromatic heterocycles. The van der Waals surface area contributed by atoms with Crippen molar-refractivity contribution in [2.75, 3.05) is 0 Å². The first-order valence-corrected chi connectivity index (χ1v) is 7.21. The van der Waals surface area contributed by atoms with Crippen LogP contribution in [0.4, 0.5) is 0 Å². The van der Waals surface area contributed by atoms with Gasteiger partial charge in [0.15, 0.2) is 0 Å². The molecule has 0 saturated carbocycles. The van der Waals surface area contributed by atoms with Gasteiger partial charge >= 0.3 is 0 Å². The fourth-order valence-electron chi connectivity index (χ4n) is 2.31. The Hall–Kier alpha value is -1.71. The van der Waals surface area contributed by atoms with Gasteiger partial charge in [-0.1, -0.05) is 36.4 Å². The lowest BCUT2D eigenvalue weighted by molar-refractivity contribution is 0.714. The molecule has 0 fully saturated rings. The average Bonchev–Trinajstić information content (AvgIpc) is 2.81. The second-order valence-corrected chi connectivity index (χ2v) is 5.86. The summed E-state index contributed by atoms with van der Waals surface area (Å²) >= 11 is 1.74. The molecule has 0 amide bonds. The van der Waals surface area contributed by atoms with Crippen LogP contribution in [0.5, 0.6) is 0 Å². The van der Waals surface area contributed by atoms with E-state index in [0.29, 0.717) is 0 Å². The van der Waals surface area contributed by atoms with E-state index in [0.717, 1.165) is 16.9 Å². The van der Waals surface area contributed by atoms with Crippen LogP contribution in [0.25, 0.3) is 10.2 Å². The number of benzene rings is 2. The van der Waals surface area contributed by atoms with Gasteiger partial charge in [-0.2, -0.15) is 0 Å². The summed E-state index contributed by atoms with van der Waals surface area (Å²) in [6.07, 6.45) is 0.796. The third kappa shape index (κ3) is 2.53. The fraction of sp³-hybridized carbons (Fsp3) is 0.188. The third-order valence-corrected chi connectivity index (χ3v) is 4.38. The summed E-state index contributed by atoms with van der Waals surface area (Å²) in [5, 5.41) is 1.11. The summed E-state index contributed by atoms with van der Waals surface area (Å²) < 4.78 is 1.23. The molecule has 2 N–H and O–H groups in total. The van der Waals surface area contributed by atoms with Crippen LogP contribution in [0.2, 0.25) is 0 Å². The van der Waals surface area contributed by atoms with Crippen molar-refractivity contribution in [3.05, 3.63) is 64.7 Å². The van der Waals surface area contributed by atoms with Gasteiger partial charge in [-0.3, -0.25) is 0 Å². The maximum absolute atomic E-state index is 6.32. The van der Waals surface area contributed by atoms with Crippen molar-refractivity contribution in [3.8, 4) is 0 Å². The number of aryl methyl sites for hydroxylation is 1. The summed E-state index contributed by atoms with van der Waals surface area (Å²) in [7, 11) is 0. The summed E-state index contributed by atoms with van der Waals surface area (Å²) in [4.78, 5) is 4.65. The van der Waals surface area contributed by atoms with Gasteiger partial charge in [-0.25, -0.2) is 4.98 Å². The zero-order valence-electron chi connectivity index (χ0n) is 10.8. The molecule has 0 aliphatic heterocycles. The second-order valence-electron chi connectivity index (χ2n) is 4.74. The van der Waals surface area contributed by atoms with Crippen LogP contribution in [0, 0.1) is 6.92 Å². The Balaban J connectivity index is 1.86. The van der Waals surface area contributed by atoms with Crippen LogP contribution in [0.1, 0.15) is 22.2 Å². The van der Waals surface area contributed by atoms with Gasteiger partial charge in [0.05, 0.1) is 15.2 Å². The zero-order valence-corrected chi connectivity index (χ0v) is 11.7. The van der Waals surface area contributed by atoms with Gasteiger partial charge in [0.1, 0.15) is 0 Å². The number of para-hydroxylation sites is 1. The molecule has 0 spiro atoms. The maximum Gasteiger partial charge on any atom is 0.0957 e. The third-order valence-electron chi connectivity index (χ3n) is 3.32. The van der Waals surface area contributed by atoms with Crippen molar-refractivity contribution in [1.29, 1.82) is 0 Å². The van der Waals surface area contributed by atoms with Crippen LogP contribution in [-0.2, 0) is 6.42 Å². The lowest BCUT2D eigenvalue weighted by Crippen LogP contribution is -2.14. The molecular formula is C16H16N2S. The van der Waals surface area contributed by atoms with E-state index in [1.807, 2.05) is 24.3 Å². The molecule has 1 heterocycles. The predicted molar refractivity (Wildman–Crippen MR) is 81.4 cm³/mol. The molecule has 3 rings (SSSR count). The number of nitrogens with two attached hydrogens (primary N) is 1. The van der Waals surface area contributed by atoms with E-state index < -0.39 is 0 Å². The first-order valence-electron chi connectivity index (χ1n) is 6.39. The highest BCUT2D eigenvalue weighted by Gasteiger charge is 2.12. The number of fused-ring (bicyclic) bond motifs is 1. The molecule has 3 heteroatoms. The molecule has 0 aliphatic rings. The van der Waals surface area contributed by atoms with Crippen LogP contribution in [0.15, 0.2) is 48.5 Å². The van der Waals surface area contributed by atoms with Crippen molar-refractivity contribution in [2.24, 2.45) is 5.73 Å². The minimum Gasteiger partial charge on any atom is -0.324 e. The number of nitrogens with zero attached hydrogens (tertiary/aromatic N) is 1. The Bertz CT molecular complexity index is 670. The number of thiazole rings is 1. The van der Waals surface area contributed by atoms with Gasteiger partial charge in [-0.15, -0.1) is 11.3 Å². The van der Waals surface area contributed by atoms with Crippen molar-refractivity contribution in [3.63, 3.8) is 0 Å². The number of aromatic nitrogens is 1. The van der Waals surface area contributed by atoms with Gasteiger partial charge in [0.25, 0.3) is 0 Å². The Kier molecular flexibility index (Phi) is 3.32. The van der Waals surface area contributed by atoms with E-state index >= 15 is 0 Å². The lowest BCUT2D eigenvalue weighted by Gasteiger charge is -2.12. The van der Waals surface area contributed by atoms with E-state index in [4.69, 9.17) is 5.73 Å². The van der Waals surface area contributed by atoms with E-state index in [2.05, 4.69) is 36.2 Å². The molecule has 0 saturated heterocycles. The molecule has 2 nitrogen and oxygen atoms in total. The highest BCUT2D eigenvalue weighted by molar-refractivity contribution is 7.18. The van der Waals surface area contributed by atoms with Crippen LogP contribution < -0.4 is 5.73 Å². The highest BCUT2D eigenvalue weighted by Crippen LogP contribution is 2.26. The Labute approximate surface area is 116 Å². The summed E-state index contributed by atoms with van der Waals surface area (Å²) in [6, 6.07) is 16.5. The molecule has 96 valence electrons. The standard InChI is InChI=1S/C16H16N2S/c1-11-6-2-3-7-12(11)13(17)10-16-18-14-8-4-5-9-15(14)19-16/h2-9,13H,10,17H2,1H3. The van der Waals surface area contributed by atoms with Crippen LogP contribution in [-0.4, -0.2) is 4.98 Å². The molecule has 1 atom stereocenters. The SMILES string of the molecule is Cc1ccccc1C(N)Cc1nc2ccccc2s1. The summed E-state index contributed by atoms with van der Waals surface area (Å²) in [5.74, 6) is 0. The van der Waals surface area contributed by atoms with E-state index in [1.54, 1.807) is 11.3 Å².